The average molecular weight is 186 g/mol. The molecule has 0 atom stereocenters. The van der Waals surface area contributed by atoms with Gasteiger partial charge in [-0.25, -0.2) is 0 Å². The molecule has 0 aliphatic rings. The number of carbonyl (C=O) groups excluding carboxylic acids is 1. The molecule has 1 N–H and O–H groups in total. The van der Waals surface area contributed by atoms with Crippen molar-refractivity contribution in [1.82, 2.24) is 10.2 Å². The summed E-state index contributed by atoms with van der Waals surface area (Å²) in [5, 5.41) is 3.01. The first kappa shape index (κ1) is 12.4. The second kappa shape index (κ2) is 5.22. The molecule has 0 saturated heterocycles. The molecule has 0 bridgehead atoms. The lowest BCUT2D eigenvalue weighted by molar-refractivity contribution is -0.135. The van der Waals surface area contributed by atoms with Crippen molar-refractivity contribution < 1.29 is 4.79 Å². The summed E-state index contributed by atoms with van der Waals surface area (Å²) in [6.45, 7) is 6.78. The molecule has 1 amide bonds. The fourth-order valence-corrected chi connectivity index (χ4v) is 1.08. The van der Waals surface area contributed by atoms with Gasteiger partial charge in [0.15, 0.2) is 0 Å². The number of nitrogens with one attached hydrogen (secondary N) is 1. The van der Waals surface area contributed by atoms with Gasteiger partial charge in [-0.1, -0.05) is 13.3 Å². The minimum atomic E-state index is -0.442. The molecule has 0 fully saturated rings. The first-order valence-corrected chi connectivity index (χ1v) is 4.90. The van der Waals surface area contributed by atoms with Crippen LogP contribution in [0.3, 0.4) is 0 Å². The van der Waals surface area contributed by atoms with E-state index in [9.17, 15) is 4.79 Å². The highest BCUT2D eigenvalue weighted by atomic mass is 16.2. The van der Waals surface area contributed by atoms with Gasteiger partial charge < -0.3 is 10.2 Å². The van der Waals surface area contributed by atoms with Crippen LogP contribution in [0.4, 0.5) is 0 Å². The fraction of sp³-hybridized carbons (Fsp3) is 0.900. The van der Waals surface area contributed by atoms with Crippen molar-refractivity contribution in [3.63, 3.8) is 0 Å². The highest BCUT2D eigenvalue weighted by molar-refractivity contribution is 5.85. The number of nitrogens with zero attached hydrogens (tertiary/aromatic N) is 1. The lowest BCUT2D eigenvalue weighted by atomic mass is 10.0. The number of amides is 1. The van der Waals surface area contributed by atoms with E-state index < -0.39 is 5.54 Å². The summed E-state index contributed by atoms with van der Waals surface area (Å²) in [6, 6.07) is 0. The van der Waals surface area contributed by atoms with Crippen LogP contribution in [0.5, 0.6) is 0 Å². The Bertz CT molecular complexity index is 166. The van der Waals surface area contributed by atoms with Crippen LogP contribution in [0.15, 0.2) is 0 Å². The molecular formula is C10H22N2O. The van der Waals surface area contributed by atoms with Crippen molar-refractivity contribution in [3.05, 3.63) is 0 Å². The normalized spacial score (nSPS) is 11.5. The van der Waals surface area contributed by atoms with E-state index in [1.807, 2.05) is 27.9 Å². The first-order valence-electron chi connectivity index (χ1n) is 4.90. The monoisotopic (exact) mass is 186 g/mol. The van der Waals surface area contributed by atoms with Gasteiger partial charge in [-0.05, 0) is 27.3 Å². The summed E-state index contributed by atoms with van der Waals surface area (Å²) in [6.07, 6.45) is 2.19. The van der Waals surface area contributed by atoms with E-state index in [1.54, 1.807) is 4.90 Å². The lowest BCUT2D eigenvalue weighted by Crippen LogP contribution is -2.51. The summed E-state index contributed by atoms with van der Waals surface area (Å²) >= 11 is 0. The van der Waals surface area contributed by atoms with E-state index >= 15 is 0 Å². The van der Waals surface area contributed by atoms with Crippen molar-refractivity contribution in [2.45, 2.75) is 39.2 Å². The molecule has 0 aliphatic heterocycles. The molecule has 0 aliphatic carbocycles. The van der Waals surface area contributed by atoms with E-state index in [0.29, 0.717) is 0 Å². The van der Waals surface area contributed by atoms with E-state index in [4.69, 9.17) is 0 Å². The van der Waals surface area contributed by atoms with Gasteiger partial charge in [0, 0.05) is 13.6 Å². The standard InChI is InChI=1S/C10H22N2O/c1-6-7-8-12(5)9(13)10(2,3)11-4/h11H,6-8H2,1-5H3. The van der Waals surface area contributed by atoms with Crippen molar-refractivity contribution in [1.29, 1.82) is 0 Å². The Kier molecular flexibility index (Phi) is 4.99. The molecule has 0 rings (SSSR count). The quantitative estimate of drug-likeness (QED) is 0.700. The van der Waals surface area contributed by atoms with Gasteiger partial charge >= 0.3 is 0 Å². The van der Waals surface area contributed by atoms with Crippen LogP contribution in [0.1, 0.15) is 33.6 Å². The summed E-state index contributed by atoms with van der Waals surface area (Å²) < 4.78 is 0. The number of carbonyl (C=O) groups is 1. The predicted molar refractivity (Wildman–Crippen MR) is 55.7 cm³/mol. The van der Waals surface area contributed by atoms with Gasteiger partial charge in [-0.3, -0.25) is 4.79 Å². The molecule has 3 nitrogen and oxygen atoms in total. The molecule has 0 aromatic heterocycles. The Morgan fingerprint density at radius 3 is 2.38 bits per heavy atom. The largest absolute Gasteiger partial charge is 0.344 e. The maximum absolute atomic E-state index is 11.8. The second-order valence-corrected chi connectivity index (χ2v) is 3.96. The van der Waals surface area contributed by atoms with E-state index in [-0.39, 0.29) is 5.91 Å². The Hall–Kier alpha value is -0.570. The molecule has 0 spiro atoms. The number of unbranched alkanes of at least 4 members (excludes halogenated alkanes) is 1. The molecule has 13 heavy (non-hydrogen) atoms. The van der Waals surface area contributed by atoms with Gasteiger partial charge in [-0.15, -0.1) is 0 Å². The van der Waals surface area contributed by atoms with Gasteiger partial charge in [0.25, 0.3) is 0 Å². The maximum Gasteiger partial charge on any atom is 0.242 e. The molecule has 0 radical (unpaired) electrons. The SMILES string of the molecule is CCCCN(C)C(=O)C(C)(C)NC. The lowest BCUT2D eigenvalue weighted by Gasteiger charge is -2.28. The van der Waals surface area contributed by atoms with Crippen LogP contribution < -0.4 is 5.32 Å². The molecule has 0 aromatic rings. The smallest absolute Gasteiger partial charge is 0.242 e. The van der Waals surface area contributed by atoms with Crippen LogP contribution in [-0.2, 0) is 4.79 Å². The Balaban J connectivity index is 4.09. The first-order chi connectivity index (χ1) is 5.95. The predicted octanol–water partition coefficient (Wildman–Crippen LogP) is 1.24. The van der Waals surface area contributed by atoms with Crippen molar-refractivity contribution in [2.75, 3.05) is 20.6 Å². The van der Waals surface area contributed by atoms with Crippen LogP contribution in [0.2, 0.25) is 0 Å². The van der Waals surface area contributed by atoms with E-state index in [1.165, 1.54) is 0 Å². The summed E-state index contributed by atoms with van der Waals surface area (Å²) in [4.78, 5) is 13.6. The van der Waals surface area contributed by atoms with Gasteiger partial charge in [0.1, 0.15) is 0 Å². The van der Waals surface area contributed by atoms with Gasteiger partial charge in [0.05, 0.1) is 5.54 Å². The van der Waals surface area contributed by atoms with Crippen LogP contribution in [-0.4, -0.2) is 37.0 Å². The van der Waals surface area contributed by atoms with Gasteiger partial charge in [0.2, 0.25) is 5.91 Å². The van der Waals surface area contributed by atoms with Crippen molar-refractivity contribution >= 4 is 5.91 Å². The summed E-state index contributed by atoms with van der Waals surface area (Å²) in [5.74, 6) is 0.156. The fourth-order valence-electron chi connectivity index (χ4n) is 1.08. The molecular weight excluding hydrogens is 164 g/mol. The number of rotatable bonds is 5. The van der Waals surface area contributed by atoms with E-state index in [2.05, 4.69) is 12.2 Å². The zero-order chi connectivity index (χ0) is 10.5. The van der Waals surface area contributed by atoms with Crippen molar-refractivity contribution in [3.8, 4) is 0 Å². The van der Waals surface area contributed by atoms with Gasteiger partial charge in [-0.2, -0.15) is 0 Å². The zero-order valence-electron chi connectivity index (χ0n) is 9.48. The topological polar surface area (TPSA) is 32.3 Å². The molecule has 3 heteroatoms. The number of hydrogen-bond acceptors (Lipinski definition) is 2. The minimum absolute atomic E-state index is 0.156. The molecule has 0 unspecified atom stereocenters. The second-order valence-electron chi connectivity index (χ2n) is 3.96. The van der Waals surface area contributed by atoms with Crippen molar-refractivity contribution in [2.24, 2.45) is 0 Å². The molecule has 0 aromatic carbocycles. The molecule has 78 valence electrons. The molecule has 0 saturated carbocycles. The number of hydrogen-bond donors (Lipinski definition) is 1. The Labute approximate surface area is 81.5 Å². The van der Waals surface area contributed by atoms with Crippen LogP contribution >= 0.6 is 0 Å². The number of likely N-dealkylation sites (N-methyl/N-ethyl adjacent to an activating group) is 2. The Morgan fingerprint density at radius 1 is 1.46 bits per heavy atom. The highest BCUT2D eigenvalue weighted by Crippen LogP contribution is 2.06. The zero-order valence-corrected chi connectivity index (χ0v) is 9.48. The van der Waals surface area contributed by atoms with Crippen LogP contribution in [0, 0.1) is 0 Å². The Morgan fingerprint density at radius 2 is 2.00 bits per heavy atom. The summed E-state index contributed by atoms with van der Waals surface area (Å²) in [5.41, 5.74) is -0.442. The minimum Gasteiger partial charge on any atom is -0.344 e. The third-order valence-corrected chi connectivity index (χ3v) is 2.35. The summed E-state index contributed by atoms with van der Waals surface area (Å²) in [7, 11) is 3.67. The highest BCUT2D eigenvalue weighted by Gasteiger charge is 2.27. The molecule has 0 heterocycles. The average Bonchev–Trinajstić information content (AvgIpc) is 2.12. The van der Waals surface area contributed by atoms with E-state index in [0.717, 1.165) is 19.4 Å². The third-order valence-electron chi connectivity index (χ3n) is 2.35. The third kappa shape index (κ3) is 3.77. The van der Waals surface area contributed by atoms with Crippen LogP contribution in [0.25, 0.3) is 0 Å². The maximum atomic E-state index is 11.8.